The molecule has 39 heavy (non-hydrogen) atoms. The summed E-state index contributed by atoms with van der Waals surface area (Å²) in [5.41, 5.74) is 1.74. The van der Waals surface area contributed by atoms with Crippen LogP contribution in [-0.4, -0.2) is 55.6 Å². The molecule has 0 bridgehead atoms. The summed E-state index contributed by atoms with van der Waals surface area (Å²) in [6.07, 6.45) is 1.52. The third-order valence-electron chi connectivity index (χ3n) is 6.38. The molecule has 1 atom stereocenters. The van der Waals surface area contributed by atoms with Crippen LogP contribution in [0.4, 0.5) is 0 Å². The zero-order valence-electron chi connectivity index (χ0n) is 22.4. The van der Waals surface area contributed by atoms with Crippen LogP contribution in [0, 0.1) is 0 Å². The molecule has 0 spiro atoms. The first-order chi connectivity index (χ1) is 18.7. The smallest absolute Gasteiger partial charge is 0.243 e. The van der Waals surface area contributed by atoms with Crippen molar-refractivity contribution in [2.45, 2.75) is 50.1 Å². The van der Waals surface area contributed by atoms with Crippen LogP contribution >= 0.6 is 11.6 Å². The van der Waals surface area contributed by atoms with Gasteiger partial charge in [-0.05, 0) is 48.2 Å². The highest BCUT2D eigenvalue weighted by Gasteiger charge is 2.30. The summed E-state index contributed by atoms with van der Waals surface area (Å²) in [6.45, 7) is 2.85. The number of nitrogens with one attached hydrogen (secondary N) is 1. The van der Waals surface area contributed by atoms with E-state index in [4.69, 9.17) is 11.6 Å². The first-order valence-corrected chi connectivity index (χ1v) is 14.9. The highest BCUT2D eigenvalue weighted by Crippen LogP contribution is 2.19. The van der Waals surface area contributed by atoms with E-state index in [0.29, 0.717) is 24.4 Å². The highest BCUT2D eigenvalue weighted by atomic mass is 35.5. The summed E-state index contributed by atoms with van der Waals surface area (Å²) >= 11 is 6.21. The minimum atomic E-state index is -3.66. The molecule has 1 N–H and O–H groups in total. The lowest BCUT2D eigenvalue weighted by Crippen LogP contribution is -2.50. The lowest BCUT2D eigenvalue weighted by molar-refractivity contribution is -0.141. The van der Waals surface area contributed by atoms with Crippen LogP contribution in [0.15, 0.2) is 89.8 Å². The number of nitrogens with zero attached hydrogens (tertiary/aromatic N) is 2. The van der Waals surface area contributed by atoms with Crippen LogP contribution in [0.3, 0.4) is 0 Å². The zero-order chi connectivity index (χ0) is 28.3. The van der Waals surface area contributed by atoms with Gasteiger partial charge in [0.05, 0.1) is 4.90 Å². The summed E-state index contributed by atoms with van der Waals surface area (Å²) in [4.78, 5) is 28.8. The summed E-state index contributed by atoms with van der Waals surface area (Å²) in [5.74, 6) is -0.451. The molecular formula is C30H36ClN3O4S. The van der Waals surface area contributed by atoms with E-state index in [0.717, 1.165) is 17.5 Å². The van der Waals surface area contributed by atoms with E-state index < -0.39 is 16.1 Å². The fraction of sp³-hybridized carbons (Fsp3) is 0.333. The van der Waals surface area contributed by atoms with Crippen molar-refractivity contribution in [3.8, 4) is 0 Å². The van der Waals surface area contributed by atoms with Gasteiger partial charge in [-0.1, -0.05) is 79.2 Å². The van der Waals surface area contributed by atoms with Crippen LogP contribution in [-0.2, 0) is 32.6 Å². The second-order valence-electron chi connectivity index (χ2n) is 9.39. The SMILES string of the molecule is CCCNC(=O)C(Cc1ccccc1)N(Cc1cccc(Cl)c1)C(=O)CCCN(C)S(=O)(=O)c1ccccc1. The van der Waals surface area contributed by atoms with E-state index in [9.17, 15) is 18.0 Å². The van der Waals surface area contributed by atoms with Crippen molar-refractivity contribution in [1.29, 1.82) is 0 Å². The maximum absolute atomic E-state index is 13.7. The number of amides is 2. The first-order valence-electron chi connectivity index (χ1n) is 13.1. The van der Waals surface area contributed by atoms with Gasteiger partial charge in [-0.2, -0.15) is 0 Å². The van der Waals surface area contributed by atoms with E-state index in [2.05, 4.69) is 5.32 Å². The van der Waals surface area contributed by atoms with Crippen molar-refractivity contribution in [2.24, 2.45) is 0 Å². The largest absolute Gasteiger partial charge is 0.354 e. The minimum absolute atomic E-state index is 0.0849. The van der Waals surface area contributed by atoms with Crippen molar-refractivity contribution >= 4 is 33.4 Å². The van der Waals surface area contributed by atoms with Gasteiger partial charge in [0.25, 0.3) is 0 Å². The average Bonchev–Trinajstić information content (AvgIpc) is 2.94. The molecule has 0 aliphatic rings. The Labute approximate surface area is 236 Å². The number of hydrogen-bond donors (Lipinski definition) is 1. The van der Waals surface area contributed by atoms with E-state index in [1.165, 1.54) is 11.4 Å². The minimum Gasteiger partial charge on any atom is -0.354 e. The van der Waals surface area contributed by atoms with Gasteiger partial charge in [0.15, 0.2) is 0 Å². The van der Waals surface area contributed by atoms with Gasteiger partial charge in [-0.15, -0.1) is 0 Å². The lowest BCUT2D eigenvalue weighted by atomic mass is 10.0. The van der Waals surface area contributed by atoms with E-state index in [1.807, 2.05) is 49.4 Å². The van der Waals surface area contributed by atoms with Crippen LogP contribution < -0.4 is 5.32 Å². The van der Waals surface area contributed by atoms with Gasteiger partial charge < -0.3 is 10.2 Å². The summed E-state index contributed by atoms with van der Waals surface area (Å²) in [7, 11) is -2.15. The van der Waals surface area contributed by atoms with Crippen LogP contribution in [0.2, 0.25) is 5.02 Å². The van der Waals surface area contributed by atoms with E-state index in [1.54, 1.807) is 47.4 Å². The van der Waals surface area contributed by atoms with Crippen molar-refractivity contribution in [1.82, 2.24) is 14.5 Å². The Morgan fingerprint density at radius 1 is 0.923 bits per heavy atom. The quantitative estimate of drug-likeness (QED) is 0.299. The van der Waals surface area contributed by atoms with E-state index in [-0.39, 0.29) is 36.2 Å². The van der Waals surface area contributed by atoms with Crippen LogP contribution in [0.1, 0.15) is 37.3 Å². The Hall–Kier alpha value is -3.20. The van der Waals surface area contributed by atoms with E-state index >= 15 is 0 Å². The molecule has 3 aromatic rings. The summed E-state index contributed by atoms with van der Waals surface area (Å²) in [6, 6.07) is 24.3. The highest BCUT2D eigenvalue weighted by molar-refractivity contribution is 7.89. The van der Waals surface area contributed by atoms with Gasteiger partial charge in [-0.3, -0.25) is 9.59 Å². The molecule has 3 aromatic carbocycles. The molecule has 0 heterocycles. The number of sulfonamides is 1. The molecule has 9 heteroatoms. The molecule has 0 aliphatic heterocycles. The third-order valence-corrected chi connectivity index (χ3v) is 8.48. The Kier molecular flexibility index (Phi) is 11.5. The number of carbonyl (C=O) groups is 2. The maximum Gasteiger partial charge on any atom is 0.243 e. The Bertz CT molecular complexity index is 1320. The predicted molar refractivity (Wildman–Crippen MR) is 155 cm³/mol. The molecule has 3 rings (SSSR count). The monoisotopic (exact) mass is 569 g/mol. The summed E-state index contributed by atoms with van der Waals surface area (Å²) in [5, 5.41) is 3.50. The van der Waals surface area contributed by atoms with Crippen molar-refractivity contribution in [3.05, 3.63) is 101 Å². The molecule has 208 valence electrons. The third kappa shape index (κ3) is 8.92. The van der Waals surface area contributed by atoms with Gasteiger partial charge in [0.2, 0.25) is 21.8 Å². The second kappa shape index (κ2) is 14.8. The van der Waals surface area contributed by atoms with Gasteiger partial charge in [0.1, 0.15) is 6.04 Å². The van der Waals surface area contributed by atoms with Crippen molar-refractivity contribution < 1.29 is 18.0 Å². The normalized spacial score (nSPS) is 12.2. The molecule has 7 nitrogen and oxygen atoms in total. The number of benzene rings is 3. The van der Waals surface area contributed by atoms with Crippen molar-refractivity contribution in [2.75, 3.05) is 20.1 Å². The molecule has 0 aliphatic carbocycles. The molecule has 0 fully saturated rings. The van der Waals surface area contributed by atoms with Crippen LogP contribution in [0.5, 0.6) is 0 Å². The lowest BCUT2D eigenvalue weighted by Gasteiger charge is -2.32. The van der Waals surface area contributed by atoms with Crippen molar-refractivity contribution in [3.63, 3.8) is 0 Å². The second-order valence-corrected chi connectivity index (χ2v) is 11.9. The fourth-order valence-electron chi connectivity index (χ4n) is 4.24. The summed E-state index contributed by atoms with van der Waals surface area (Å²) < 4.78 is 27.0. The number of carbonyl (C=O) groups excluding carboxylic acids is 2. The molecular weight excluding hydrogens is 534 g/mol. The molecule has 0 saturated heterocycles. The topological polar surface area (TPSA) is 86.8 Å². The first kappa shape index (κ1) is 30.3. The molecule has 1 unspecified atom stereocenters. The van der Waals surface area contributed by atoms with Gasteiger partial charge in [-0.25, -0.2) is 12.7 Å². The molecule has 0 saturated carbocycles. The Balaban J connectivity index is 1.81. The maximum atomic E-state index is 13.7. The zero-order valence-corrected chi connectivity index (χ0v) is 24.0. The number of hydrogen-bond acceptors (Lipinski definition) is 4. The number of rotatable bonds is 14. The van der Waals surface area contributed by atoms with Crippen LogP contribution in [0.25, 0.3) is 0 Å². The van der Waals surface area contributed by atoms with Gasteiger partial charge >= 0.3 is 0 Å². The van der Waals surface area contributed by atoms with Gasteiger partial charge in [0, 0.05) is 44.5 Å². The standard InChI is InChI=1S/C30H36ClN3O4S/c1-3-19-32-30(36)28(22-24-12-6-4-7-13-24)34(23-25-14-10-15-26(31)21-25)29(35)18-11-20-33(2)39(37,38)27-16-8-5-9-17-27/h4-10,12-17,21,28H,3,11,18-20,22-23H2,1-2H3,(H,32,36). The number of halogens is 1. The Morgan fingerprint density at radius 3 is 2.21 bits per heavy atom. The predicted octanol–water partition coefficient (Wildman–Crippen LogP) is 4.91. The Morgan fingerprint density at radius 2 is 1.56 bits per heavy atom. The fourth-order valence-corrected chi connectivity index (χ4v) is 5.68. The molecule has 0 radical (unpaired) electrons. The average molecular weight is 570 g/mol. The molecule has 2 amide bonds. The molecule has 0 aromatic heterocycles.